The van der Waals surface area contributed by atoms with E-state index in [-0.39, 0.29) is 30.3 Å². The molecule has 2 amide bonds. The molecule has 156 valence electrons. The SMILES string of the molecule is O=C(Nc1nnc(-c2ccc(Cl)s2)o1)C1CCN(C(=O)CNc2ccccc2)CC1. The van der Waals surface area contributed by atoms with Crippen molar-refractivity contribution in [3.05, 3.63) is 46.8 Å². The molecule has 4 rings (SSSR count). The molecule has 0 bridgehead atoms. The van der Waals surface area contributed by atoms with E-state index in [4.69, 9.17) is 16.0 Å². The highest BCUT2D eigenvalue weighted by Gasteiger charge is 2.28. The number of likely N-dealkylation sites (tertiary alicyclic amines) is 1. The van der Waals surface area contributed by atoms with E-state index in [2.05, 4.69) is 20.8 Å². The zero-order valence-corrected chi connectivity index (χ0v) is 17.6. The molecule has 0 aliphatic carbocycles. The Balaban J connectivity index is 1.24. The summed E-state index contributed by atoms with van der Waals surface area (Å²) in [5.41, 5.74) is 0.906. The van der Waals surface area contributed by atoms with Crippen molar-refractivity contribution in [3.8, 4) is 10.8 Å². The minimum absolute atomic E-state index is 0.0221. The summed E-state index contributed by atoms with van der Waals surface area (Å²) < 4.78 is 6.12. The monoisotopic (exact) mass is 445 g/mol. The molecular formula is C20H20ClN5O3S. The Morgan fingerprint density at radius 1 is 1.13 bits per heavy atom. The van der Waals surface area contributed by atoms with Crippen molar-refractivity contribution >= 4 is 46.5 Å². The first-order chi connectivity index (χ1) is 14.6. The number of nitrogens with one attached hydrogen (secondary N) is 2. The number of para-hydroxylation sites is 1. The van der Waals surface area contributed by atoms with Crippen LogP contribution in [-0.4, -0.2) is 46.5 Å². The van der Waals surface area contributed by atoms with E-state index in [1.807, 2.05) is 30.3 Å². The number of hydrogen-bond donors (Lipinski definition) is 2. The van der Waals surface area contributed by atoms with E-state index in [0.29, 0.717) is 36.2 Å². The lowest BCUT2D eigenvalue weighted by Crippen LogP contribution is -2.43. The third-order valence-corrected chi connectivity index (χ3v) is 6.09. The van der Waals surface area contributed by atoms with E-state index in [0.717, 1.165) is 10.6 Å². The van der Waals surface area contributed by atoms with Gasteiger partial charge in [-0.3, -0.25) is 14.9 Å². The van der Waals surface area contributed by atoms with Crippen LogP contribution in [-0.2, 0) is 9.59 Å². The van der Waals surface area contributed by atoms with Gasteiger partial charge in [-0.15, -0.1) is 16.4 Å². The number of piperidine rings is 1. The number of carbonyl (C=O) groups is 2. The molecule has 30 heavy (non-hydrogen) atoms. The fraction of sp³-hybridized carbons (Fsp3) is 0.300. The molecule has 3 aromatic rings. The van der Waals surface area contributed by atoms with Crippen LogP contribution in [0.2, 0.25) is 4.34 Å². The summed E-state index contributed by atoms with van der Waals surface area (Å²) in [6.07, 6.45) is 1.18. The van der Waals surface area contributed by atoms with E-state index < -0.39 is 0 Å². The first kappa shape index (κ1) is 20.4. The maximum atomic E-state index is 12.5. The van der Waals surface area contributed by atoms with Gasteiger partial charge in [-0.05, 0) is 37.1 Å². The van der Waals surface area contributed by atoms with Crippen molar-refractivity contribution in [1.29, 1.82) is 0 Å². The van der Waals surface area contributed by atoms with E-state index in [1.165, 1.54) is 11.3 Å². The third kappa shape index (κ3) is 4.98. The molecular weight excluding hydrogens is 426 g/mol. The molecule has 1 fully saturated rings. The molecule has 8 nitrogen and oxygen atoms in total. The van der Waals surface area contributed by atoms with Gasteiger partial charge in [-0.2, -0.15) is 0 Å². The van der Waals surface area contributed by atoms with Crippen LogP contribution in [0.3, 0.4) is 0 Å². The highest BCUT2D eigenvalue weighted by Crippen LogP contribution is 2.31. The number of benzene rings is 1. The number of hydrogen-bond acceptors (Lipinski definition) is 7. The molecule has 10 heteroatoms. The smallest absolute Gasteiger partial charge is 0.322 e. The summed E-state index contributed by atoms with van der Waals surface area (Å²) in [6, 6.07) is 13.2. The van der Waals surface area contributed by atoms with E-state index in [1.54, 1.807) is 17.0 Å². The van der Waals surface area contributed by atoms with Crippen LogP contribution in [0.4, 0.5) is 11.7 Å². The summed E-state index contributed by atoms with van der Waals surface area (Å²) in [4.78, 5) is 27.5. The molecule has 0 saturated carbocycles. The van der Waals surface area contributed by atoms with Gasteiger partial charge in [0.25, 0.3) is 5.89 Å². The van der Waals surface area contributed by atoms with Crippen LogP contribution < -0.4 is 10.6 Å². The van der Waals surface area contributed by atoms with Crippen molar-refractivity contribution < 1.29 is 14.0 Å². The summed E-state index contributed by atoms with van der Waals surface area (Å²) in [5, 5.41) is 13.6. The van der Waals surface area contributed by atoms with Gasteiger partial charge in [0.15, 0.2) is 0 Å². The second-order valence-electron chi connectivity index (χ2n) is 6.88. The first-order valence-corrected chi connectivity index (χ1v) is 10.7. The van der Waals surface area contributed by atoms with Crippen LogP contribution in [0.25, 0.3) is 10.8 Å². The molecule has 2 N–H and O–H groups in total. The molecule has 0 atom stereocenters. The van der Waals surface area contributed by atoms with Gasteiger partial charge in [0.1, 0.15) is 0 Å². The fourth-order valence-corrected chi connectivity index (χ4v) is 4.21. The lowest BCUT2D eigenvalue weighted by atomic mass is 9.96. The number of thiophene rings is 1. The van der Waals surface area contributed by atoms with Crippen molar-refractivity contribution in [2.45, 2.75) is 12.8 Å². The number of halogens is 1. The summed E-state index contributed by atoms with van der Waals surface area (Å²) >= 11 is 7.24. The average Bonchev–Trinajstić information content (AvgIpc) is 3.41. The Morgan fingerprint density at radius 3 is 2.60 bits per heavy atom. The number of anilines is 2. The second-order valence-corrected chi connectivity index (χ2v) is 8.60. The van der Waals surface area contributed by atoms with Crippen LogP contribution in [0.1, 0.15) is 12.8 Å². The average molecular weight is 446 g/mol. The minimum atomic E-state index is -0.206. The fourth-order valence-electron chi connectivity index (χ4n) is 3.25. The Morgan fingerprint density at radius 2 is 1.90 bits per heavy atom. The maximum Gasteiger partial charge on any atom is 0.322 e. The number of amides is 2. The van der Waals surface area contributed by atoms with Gasteiger partial charge < -0.3 is 14.6 Å². The number of aromatic nitrogens is 2. The van der Waals surface area contributed by atoms with Crippen LogP contribution >= 0.6 is 22.9 Å². The van der Waals surface area contributed by atoms with Crippen molar-refractivity contribution in [2.75, 3.05) is 30.3 Å². The van der Waals surface area contributed by atoms with Gasteiger partial charge >= 0.3 is 6.01 Å². The molecule has 0 spiro atoms. The molecule has 3 heterocycles. The topological polar surface area (TPSA) is 100 Å². The van der Waals surface area contributed by atoms with E-state index in [9.17, 15) is 9.59 Å². The Kier molecular flexibility index (Phi) is 6.29. The number of carbonyl (C=O) groups excluding carboxylic acids is 2. The molecule has 1 aromatic carbocycles. The lowest BCUT2D eigenvalue weighted by Gasteiger charge is -2.31. The van der Waals surface area contributed by atoms with Gasteiger partial charge in [0.2, 0.25) is 11.8 Å². The molecule has 1 saturated heterocycles. The molecule has 1 aliphatic rings. The number of rotatable bonds is 6. The van der Waals surface area contributed by atoms with E-state index >= 15 is 0 Å². The Labute approximate surface area is 182 Å². The Hall–Kier alpha value is -2.91. The zero-order valence-electron chi connectivity index (χ0n) is 16.0. The second kappa shape index (κ2) is 9.27. The summed E-state index contributed by atoms with van der Waals surface area (Å²) in [5.74, 6) is -0.0472. The van der Waals surface area contributed by atoms with Gasteiger partial charge in [0, 0.05) is 24.7 Å². The predicted molar refractivity (Wildman–Crippen MR) is 115 cm³/mol. The predicted octanol–water partition coefficient (Wildman–Crippen LogP) is 3.74. The highest BCUT2D eigenvalue weighted by atomic mass is 35.5. The largest absolute Gasteiger partial charge is 0.402 e. The first-order valence-electron chi connectivity index (χ1n) is 9.55. The van der Waals surface area contributed by atoms with Crippen molar-refractivity contribution in [1.82, 2.24) is 15.1 Å². The highest BCUT2D eigenvalue weighted by molar-refractivity contribution is 7.19. The maximum absolute atomic E-state index is 12.5. The number of nitrogens with zero attached hydrogens (tertiary/aromatic N) is 3. The quantitative estimate of drug-likeness (QED) is 0.599. The van der Waals surface area contributed by atoms with Crippen molar-refractivity contribution in [2.24, 2.45) is 5.92 Å². The van der Waals surface area contributed by atoms with Gasteiger partial charge in [-0.1, -0.05) is 34.9 Å². The van der Waals surface area contributed by atoms with Crippen LogP contribution in [0, 0.1) is 5.92 Å². The summed E-state index contributed by atoms with van der Waals surface area (Å²) in [6.45, 7) is 1.31. The Bertz CT molecular complexity index is 1010. The zero-order chi connectivity index (χ0) is 20.9. The molecule has 0 unspecified atom stereocenters. The lowest BCUT2D eigenvalue weighted by molar-refractivity contribution is -0.132. The molecule has 0 radical (unpaired) electrons. The minimum Gasteiger partial charge on any atom is -0.402 e. The van der Waals surface area contributed by atoms with Gasteiger partial charge in [0.05, 0.1) is 15.8 Å². The van der Waals surface area contributed by atoms with Gasteiger partial charge in [-0.25, -0.2) is 0 Å². The summed E-state index contributed by atoms with van der Waals surface area (Å²) in [7, 11) is 0. The van der Waals surface area contributed by atoms with Crippen LogP contribution in [0.15, 0.2) is 46.9 Å². The standard InChI is InChI=1S/C20H20ClN5O3S/c21-16-7-6-15(30-16)19-24-25-20(29-19)23-18(28)13-8-10-26(11-9-13)17(27)12-22-14-4-2-1-3-5-14/h1-7,13,22H,8-12H2,(H,23,25,28). The normalized spacial score (nSPS) is 14.5. The molecule has 1 aliphatic heterocycles. The van der Waals surface area contributed by atoms with Crippen LogP contribution in [0.5, 0.6) is 0 Å². The molecule has 2 aromatic heterocycles. The van der Waals surface area contributed by atoms with Crippen molar-refractivity contribution in [3.63, 3.8) is 0 Å². The third-order valence-electron chi connectivity index (χ3n) is 4.88.